The standard InChI is InChI=1S/C23H23N3O3S/c1-3-20(23(28)26-21-12-4-5-13-24-21)30-19-11-7-9-17(15-19)25-22(27)16-8-6-10-18(14-16)29-2/h4-15,20H,3H2,1-2H3,(H,25,27)(H,24,26,28). The van der Waals surface area contributed by atoms with Crippen molar-refractivity contribution in [1.29, 1.82) is 0 Å². The first kappa shape index (κ1) is 21.4. The minimum atomic E-state index is -0.281. The number of ether oxygens (including phenoxy) is 1. The molecule has 0 saturated heterocycles. The second-order valence-corrected chi connectivity index (χ2v) is 7.71. The van der Waals surface area contributed by atoms with E-state index in [2.05, 4.69) is 15.6 Å². The number of carbonyl (C=O) groups is 2. The summed E-state index contributed by atoms with van der Waals surface area (Å²) in [5.41, 5.74) is 1.17. The number of pyridine rings is 1. The molecule has 1 unspecified atom stereocenters. The number of benzene rings is 2. The summed E-state index contributed by atoms with van der Waals surface area (Å²) >= 11 is 1.45. The average molecular weight is 422 g/mol. The summed E-state index contributed by atoms with van der Waals surface area (Å²) in [6.45, 7) is 1.96. The fourth-order valence-corrected chi connectivity index (χ4v) is 3.76. The lowest BCUT2D eigenvalue weighted by molar-refractivity contribution is -0.115. The topological polar surface area (TPSA) is 80.3 Å². The molecular weight excluding hydrogens is 398 g/mol. The molecule has 154 valence electrons. The second kappa shape index (κ2) is 10.5. The minimum absolute atomic E-state index is 0.105. The zero-order valence-corrected chi connectivity index (χ0v) is 17.6. The Morgan fingerprint density at radius 2 is 1.87 bits per heavy atom. The highest BCUT2D eigenvalue weighted by Gasteiger charge is 2.19. The van der Waals surface area contributed by atoms with E-state index in [0.717, 1.165) is 4.90 Å². The number of carbonyl (C=O) groups excluding carboxylic acids is 2. The van der Waals surface area contributed by atoms with Crippen molar-refractivity contribution in [2.24, 2.45) is 0 Å². The zero-order chi connectivity index (χ0) is 21.3. The molecule has 0 bridgehead atoms. The Balaban J connectivity index is 1.66. The van der Waals surface area contributed by atoms with Gasteiger partial charge in [-0.3, -0.25) is 9.59 Å². The molecule has 2 N–H and O–H groups in total. The summed E-state index contributed by atoms with van der Waals surface area (Å²) in [6.07, 6.45) is 2.29. The van der Waals surface area contributed by atoms with Gasteiger partial charge in [0.25, 0.3) is 5.91 Å². The predicted octanol–water partition coefficient (Wildman–Crippen LogP) is 4.85. The number of thioether (sulfide) groups is 1. The van der Waals surface area contributed by atoms with Gasteiger partial charge >= 0.3 is 0 Å². The summed E-state index contributed by atoms with van der Waals surface area (Å²) in [6, 6.07) is 19.8. The van der Waals surface area contributed by atoms with Crippen molar-refractivity contribution in [1.82, 2.24) is 4.98 Å². The maximum Gasteiger partial charge on any atom is 0.255 e. The fraction of sp³-hybridized carbons (Fsp3) is 0.174. The quantitative estimate of drug-likeness (QED) is 0.508. The highest BCUT2D eigenvalue weighted by Crippen LogP contribution is 2.28. The van der Waals surface area contributed by atoms with Crippen LogP contribution in [0, 0.1) is 0 Å². The molecule has 0 radical (unpaired) electrons. The number of hydrogen-bond donors (Lipinski definition) is 2. The van der Waals surface area contributed by atoms with Crippen molar-refractivity contribution in [3.05, 3.63) is 78.5 Å². The van der Waals surface area contributed by atoms with Crippen LogP contribution in [-0.2, 0) is 4.79 Å². The Morgan fingerprint density at radius 3 is 2.60 bits per heavy atom. The molecule has 7 heteroatoms. The summed E-state index contributed by atoms with van der Waals surface area (Å²) in [7, 11) is 1.56. The number of anilines is 2. The molecule has 6 nitrogen and oxygen atoms in total. The molecule has 3 aromatic rings. The second-order valence-electron chi connectivity index (χ2n) is 6.43. The van der Waals surface area contributed by atoms with Crippen molar-refractivity contribution >= 4 is 35.1 Å². The lowest BCUT2D eigenvalue weighted by Gasteiger charge is -2.15. The number of nitrogens with one attached hydrogen (secondary N) is 2. The molecule has 0 aliphatic heterocycles. The highest BCUT2D eigenvalue weighted by atomic mass is 32.2. The minimum Gasteiger partial charge on any atom is -0.497 e. The van der Waals surface area contributed by atoms with E-state index in [1.54, 1.807) is 49.7 Å². The van der Waals surface area contributed by atoms with Gasteiger partial charge in [0.2, 0.25) is 5.91 Å². The molecule has 30 heavy (non-hydrogen) atoms. The van der Waals surface area contributed by atoms with Crippen molar-refractivity contribution in [2.45, 2.75) is 23.5 Å². The normalized spacial score (nSPS) is 11.4. The van der Waals surface area contributed by atoms with Crippen LogP contribution in [0.3, 0.4) is 0 Å². The Labute approximate surface area is 180 Å². The number of hydrogen-bond acceptors (Lipinski definition) is 5. The maximum atomic E-state index is 12.6. The molecule has 0 fully saturated rings. The first-order valence-electron chi connectivity index (χ1n) is 9.53. The Morgan fingerprint density at radius 1 is 1.03 bits per heavy atom. The van der Waals surface area contributed by atoms with E-state index in [-0.39, 0.29) is 17.1 Å². The molecule has 1 atom stereocenters. The smallest absolute Gasteiger partial charge is 0.255 e. The van der Waals surface area contributed by atoms with E-state index in [4.69, 9.17) is 4.74 Å². The molecule has 0 saturated carbocycles. The summed E-state index contributed by atoms with van der Waals surface area (Å²) in [4.78, 5) is 30.2. The molecule has 0 aliphatic carbocycles. The first-order valence-corrected chi connectivity index (χ1v) is 10.4. The number of methoxy groups -OCH3 is 1. The summed E-state index contributed by atoms with van der Waals surface area (Å²) in [5.74, 6) is 0.820. The number of amides is 2. The van der Waals surface area contributed by atoms with Crippen LogP contribution in [0.25, 0.3) is 0 Å². The lowest BCUT2D eigenvalue weighted by atomic mass is 10.2. The van der Waals surface area contributed by atoms with Crippen LogP contribution in [-0.4, -0.2) is 29.2 Å². The van der Waals surface area contributed by atoms with Crippen LogP contribution in [0.15, 0.2) is 77.8 Å². The largest absolute Gasteiger partial charge is 0.497 e. The molecule has 2 amide bonds. The fourth-order valence-electron chi connectivity index (χ4n) is 2.74. The van der Waals surface area contributed by atoms with Crippen LogP contribution < -0.4 is 15.4 Å². The van der Waals surface area contributed by atoms with Crippen LogP contribution in [0.2, 0.25) is 0 Å². The zero-order valence-electron chi connectivity index (χ0n) is 16.8. The maximum absolute atomic E-state index is 12.6. The number of rotatable bonds is 8. The van der Waals surface area contributed by atoms with E-state index >= 15 is 0 Å². The first-order chi connectivity index (χ1) is 14.6. The average Bonchev–Trinajstić information content (AvgIpc) is 2.78. The van der Waals surface area contributed by atoms with E-state index < -0.39 is 0 Å². The SMILES string of the molecule is CCC(Sc1cccc(NC(=O)c2cccc(OC)c2)c1)C(=O)Nc1ccccn1. The van der Waals surface area contributed by atoms with Gasteiger partial charge in [-0.25, -0.2) is 4.98 Å². The van der Waals surface area contributed by atoms with Gasteiger partial charge in [0.1, 0.15) is 11.6 Å². The van der Waals surface area contributed by atoms with E-state index in [1.165, 1.54) is 11.8 Å². The Hall–Kier alpha value is -3.32. The van der Waals surface area contributed by atoms with Gasteiger partial charge in [-0.1, -0.05) is 25.1 Å². The van der Waals surface area contributed by atoms with Gasteiger partial charge in [0.05, 0.1) is 12.4 Å². The molecule has 1 heterocycles. The molecular formula is C23H23N3O3S. The molecule has 0 spiro atoms. The van der Waals surface area contributed by atoms with Gasteiger partial charge in [-0.2, -0.15) is 0 Å². The van der Waals surface area contributed by atoms with E-state index in [0.29, 0.717) is 29.2 Å². The van der Waals surface area contributed by atoms with Gasteiger partial charge in [0, 0.05) is 22.3 Å². The van der Waals surface area contributed by atoms with Gasteiger partial charge in [0.15, 0.2) is 0 Å². The lowest BCUT2D eigenvalue weighted by Crippen LogP contribution is -2.25. The molecule has 3 rings (SSSR count). The van der Waals surface area contributed by atoms with Crippen molar-refractivity contribution in [3.8, 4) is 5.75 Å². The van der Waals surface area contributed by atoms with Crippen LogP contribution in [0.1, 0.15) is 23.7 Å². The van der Waals surface area contributed by atoms with E-state index in [1.807, 2.05) is 37.3 Å². The van der Waals surface area contributed by atoms with Crippen molar-refractivity contribution in [3.63, 3.8) is 0 Å². The predicted molar refractivity (Wildman–Crippen MR) is 120 cm³/mol. The van der Waals surface area contributed by atoms with Gasteiger partial charge in [-0.15, -0.1) is 11.8 Å². The van der Waals surface area contributed by atoms with Crippen LogP contribution in [0.4, 0.5) is 11.5 Å². The van der Waals surface area contributed by atoms with Crippen molar-refractivity contribution < 1.29 is 14.3 Å². The van der Waals surface area contributed by atoms with E-state index in [9.17, 15) is 9.59 Å². The highest BCUT2D eigenvalue weighted by molar-refractivity contribution is 8.00. The Bertz CT molecular complexity index is 1010. The van der Waals surface area contributed by atoms with Crippen molar-refractivity contribution in [2.75, 3.05) is 17.7 Å². The summed E-state index contributed by atoms with van der Waals surface area (Å²) in [5, 5.41) is 5.45. The Kier molecular flexibility index (Phi) is 7.45. The summed E-state index contributed by atoms with van der Waals surface area (Å²) < 4.78 is 5.17. The number of nitrogens with zero attached hydrogens (tertiary/aromatic N) is 1. The molecule has 1 aromatic heterocycles. The van der Waals surface area contributed by atoms with Gasteiger partial charge < -0.3 is 15.4 Å². The third kappa shape index (κ3) is 5.84. The molecule has 2 aromatic carbocycles. The monoisotopic (exact) mass is 421 g/mol. The number of aromatic nitrogens is 1. The van der Waals surface area contributed by atoms with Crippen LogP contribution in [0.5, 0.6) is 5.75 Å². The molecule has 0 aliphatic rings. The third-order valence-corrected chi connectivity index (χ3v) is 5.64. The third-order valence-electron chi connectivity index (χ3n) is 4.28. The van der Waals surface area contributed by atoms with Crippen LogP contribution >= 0.6 is 11.8 Å². The van der Waals surface area contributed by atoms with Gasteiger partial charge in [-0.05, 0) is 55.0 Å².